The Hall–Kier alpha value is -2.34. The van der Waals surface area contributed by atoms with Crippen molar-refractivity contribution in [1.29, 1.82) is 0 Å². The molecule has 2 amide bonds. The minimum atomic E-state index is -0.297. The van der Waals surface area contributed by atoms with Crippen molar-refractivity contribution in [3.05, 3.63) is 42.0 Å². The van der Waals surface area contributed by atoms with Gasteiger partial charge in [-0.15, -0.1) is 0 Å². The number of amides is 2. The van der Waals surface area contributed by atoms with Crippen LogP contribution in [0.1, 0.15) is 36.5 Å². The number of carbonyl (C=O) groups is 2. The normalized spacial score (nSPS) is 20.3. The summed E-state index contributed by atoms with van der Waals surface area (Å²) in [6, 6.07) is 7.23. The summed E-state index contributed by atoms with van der Waals surface area (Å²) in [7, 11) is 0. The van der Waals surface area contributed by atoms with Gasteiger partial charge in [0.25, 0.3) is 11.8 Å². The lowest BCUT2D eigenvalue weighted by Crippen LogP contribution is -2.41. The second-order valence-corrected chi connectivity index (χ2v) is 7.25. The van der Waals surface area contributed by atoms with Gasteiger partial charge in [-0.25, -0.2) is 0 Å². The van der Waals surface area contributed by atoms with Gasteiger partial charge in [-0.3, -0.25) is 9.59 Å². The fraction of sp³-hybridized carbons (Fsp3) is 0.524. The van der Waals surface area contributed by atoms with Gasteiger partial charge in [0, 0.05) is 38.3 Å². The van der Waals surface area contributed by atoms with Crippen molar-refractivity contribution in [2.45, 2.75) is 32.3 Å². The van der Waals surface area contributed by atoms with Crippen LogP contribution in [0.3, 0.4) is 0 Å². The standard InChI is InChI=1S/C21H28N2O4/c1-16(2)15-27-18-7-3-6-17(14-18)20(24)22-9-5-10-23(12-11-22)21(25)19-8-4-13-26-19/h3,6-7,14,19H,1,4-5,8-13,15H2,2H3. The summed E-state index contributed by atoms with van der Waals surface area (Å²) in [6.07, 6.45) is 2.22. The highest BCUT2D eigenvalue weighted by molar-refractivity contribution is 5.94. The largest absolute Gasteiger partial charge is 0.489 e. The van der Waals surface area contributed by atoms with E-state index in [2.05, 4.69) is 6.58 Å². The molecule has 0 saturated carbocycles. The van der Waals surface area contributed by atoms with Crippen molar-refractivity contribution in [2.75, 3.05) is 39.4 Å². The van der Waals surface area contributed by atoms with E-state index in [9.17, 15) is 9.59 Å². The molecule has 2 aliphatic rings. The molecule has 0 aromatic heterocycles. The summed E-state index contributed by atoms with van der Waals surface area (Å²) >= 11 is 0. The molecule has 27 heavy (non-hydrogen) atoms. The van der Waals surface area contributed by atoms with Crippen LogP contribution in [0.25, 0.3) is 0 Å². The monoisotopic (exact) mass is 372 g/mol. The molecular weight excluding hydrogens is 344 g/mol. The lowest BCUT2D eigenvalue weighted by molar-refractivity contribution is -0.140. The second kappa shape index (κ2) is 9.04. The molecule has 1 aromatic rings. The lowest BCUT2D eigenvalue weighted by atomic mass is 10.2. The van der Waals surface area contributed by atoms with Crippen LogP contribution in [0.5, 0.6) is 5.75 Å². The molecule has 6 nitrogen and oxygen atoms in total. The zero-order chi connectivity index (χ0) is 19.2. The summed E-state index contributed by atoms with van der Waals surface area (Å²) in [4.78, 5) is 29.1. The average molecular weight is 372 g/mol. The molecule has 0 spiro atoms. The summed E-state index contributed by atoms with van der Waals surface area (Å²) in [5.74, 6) is 0.702. The van der Waals surface area contributed by atoms with Crippen LogP contribution in [-0.4, -0.2) is 67.1 Å². The van der Waals surface area contributed by atoms with Crippen molar-refractivity contribution in [3.8, 4) is 5.75 Å². The molecule has 1 unspecified atom stereocenters. The van der Waals surface area contributed by atoms with Crippen molar-refractivity contribution in [2.24, 2.45) is 0 Å². The van der Waals surface area contributed by atoms with E-state index in [4.69, 9.17) is 9.47 Å². The van der Waals surface area contributed by atoms with Crippen LogP contribution in [0.2, 0.25) is 0 Å². The Balaban J connectivity index is 1.59. The maximum Gasteiger partial charge on any atom is 0.254 e. The number of rotatable bonds is 5. The lowest BCUT2D eigenvalue weighted by Gasteiger charge is -2.24. The number of nitrogens with zero attached hydrogens (tertiary/aromatic N) is 2. The molecule has 0 aliphatic carbocycles. The summed E-state index contributed by atoms with van der Waals surface area (Å²) < 4.78 is 11.2. The molecule has 2 aliphatic heterocycles. The van der Waals surface area contributed by atoms with E-state index < -0.39 is 0 Å². The summed E-state index contributed by atoms with van der Waals surface area (Å²) in [6.45, 7) is 9.22. The van der Waals surface area contributed by atoms with Gasteiger partial charge in [0.05, 0.1) is 0 Å². The van der Waals surface area contributed by atoms with Crippen molar-refractivity contribution in [1.82, 2.24) is 9.80 Å². The van der Waals surface area contributed by atoms with E-state index in [1.54, 1.807) is 12.1 Å². The van der Waals surface area contributed by atoms with Crippen LogP contribution < -0.4 is 4.74 Å². The molecule has 0 bridgehead atoms. The van der Waals surface area contributed by atoms with Crippen molar-refractivity contribution >= 4 is 11.8 Å². The van der Waals surface area contributed by atoms with Gasteiger partial charge >= 0.3 is 0 Å². The molecular formula is C21H28N2O4. The first-order valence-electron chi connectivity index (χ1n) is 9.61. The Morgan fingerprint density at radius 3 is 2.70 bits per heavy atom. The Morgan fingerprint density at radius 2 is 1.96 bits per heavy atom. The van der Waals surface area contributed by atoms with Gasteiger partial charge in [0.1, 0.15) is 18.5 Å². The molecule has 2 fully saturated rings. The fourth-order valence-corrected chi connectivity index (χ4v) is 3.43. The van der Waals surface area contributed by atoms with E-state index in [0.29, 0.717) is 50.7 Å². The SMILES string of the molecule is C=C(C)COc1cccc(C(=O)N2CCCN(C(=O)C3CCCO3)CC2)c1. The zero-order valence-electron chi connectivity index (χ0n) is 16.0. The highest BCUT2D eigenvalue weighted by Gasteiger charge is 2.30. The molecule has 3 rings (SSSR count). The topological polar surface area (TPSA) is 59.1 Å². The van der Waals surface area contributed by atoms with Gasteiger partial charge in [-0.05, 0) is 50.0 Å². The van der Waals surface area contributed by atoms with Gasteiger partial charge < -0.3 is 19.3 Å². The van der Waals surface area contributed by atoms with Crippen LogP contribution in [0.15, 0.2) is 36.4 Å². The summed E-state index contributed by atoms with van der Waals surface area (Å²) in [5, 5.41) is 0. The Morgan fingerprint density at radius 1 is 1.19 bits per heavy atom. The first-order chi connectivity index (χ1) is 13.0. The summed E-state index contributed by atoms with van der Waals surface area (Å²) in [5.41, 5.74) is 1.53. The highest BCUT2D eigenvalue weighted by atomic mass is 16.5. The Labute approximate surface area is 160 Å². The zero-order valence-corrected chi connectivity index (χ0v) is 16.0. The molecule has 146 valence electrons. The third-order valence-electron chi connectivity index (χ3n) is 4.87. The molecule has 0 N–H and O–H groups in total. The van der Waals surface area contributed by atoms with Gasteiger partial charge in [0.15, 0.2) is 0 Å². The molecule has 0 radical (unpaired) electrons. The van der Waals surface area contributed by atoms with Gasteiger partial charge in [-0.2, -0.15) is 0 Å². The maximum atomic E-state index is 12.9. The number of benzene rings is 1. The molecule has 2 heterocycles. The van der Waals surface area contributed by atoms with Gasteiger partial charge in [-0.1, -0.05) is 12.6 Å². The quantitative estimate of drug-likeness (QED) is 0.745. The molecule has 2 saturated heterocycles. The Kier molecular flexibility index (Phi) is 6.50. The van der Waals surface area contributed by atoms with Crippen molar-refractivity contribution < 1.29 is 19.1 Å². The third-order valence-corrected chi connectivity index (χ3v) is 4.87. The van der Waals surface area contributed by atoms with Crippen LogP contribution in [0, 0.1) is 0 Å². The van der Waals surface area contributed by atoms with Crippen LogP contribution in [0.4, 0.5) is 0 Å². The van der Waals surface area contributed by atoms with E-state index in [1.807, 2.05) is 28.9 Å². The van der Waals surface area contributed by atoms with Gasteiger partial charge in [0.2, 0.25) is 0 Å². The Bertz CT molecular complexity index is 697. The number of ether oxygens (including phenoxy) is 2. The second-order valence-electron chi connectivity index (χ2n) is 7.25. The van der Waals surface area contributed by atoms with E-state index in [-0.39, 0.29) is 17.9 Å². The molecule has 6 heteroatoms. The first-order valence-corrected chi connectivity index (χ1v) is 9.61. The molecule has 1 atom stereocenters. The third kappa shape index (κ3) is 5.10. The smallest absolute Gasteiger partial charge is 0.254 e. The molecule has 1 aromatic carbocycles. The van der Waals surface area contributed by atoms with E-state index in [0.717, 1.165) is 24.8 Å². The number of hydrogen-bond acceptors (Lipinski definition) is 4. The minimum absolute atomic E-state index is 0.0257. The van der Waals surface area contributed by atoms with Crippen molar-refractivity contribution in [3.63, 3.8) is 0 Å². The van der Waals surface area contributed by atoms with E-state index >= 15 is 0 Å². The predicted molar refractivity (Wildman–Crippen MR) is 103 cm³/mol. The highest BCUT2D eigenvalue weighted by Crippen LogP contribution is 2.19. The number of hydrogen-bond donors (Lipinski definition) is 0. The first kappa shape index (κ1) is 19.4. The minimum Gasteiger partial charge on any atom is -0.489 e. The maximum absolute atomic E-state index is 12.9. The fourth-order valence-electron chi connectivity index (χ4n) is 3.43. The van der Waals surface area contributed by atoms with Crippen LogP contribution >= 0.6 is 0 Å². The van der Waals surface area contributed by atoms with E-state index in [1.165, 1.54) is 0 Å². The average Bonchev–Trinajstić information content (AvgIpc) is 3.10. The number of carbonyl (C=O) groups excluding carboxylic acids is 2. The predicted octanol–water partition coefficient (Wildman–Crippen LogP) is 2.50. The van der Waals surface area contributed by atoms with Crippen LogP contribution in [-0.2, 0) is 9.53 Å².